The summed E-state index contributed by atoms with van der Waals surface area (Å²) in [4.78, 5) is 0. The van der Waals surface area contributed by atoms with Crippen LogP contribution in [-0.4, -0.2) is 62.8 Å². The van der Waals surface area contributed by atoms with Gasteiger partial charge in [-0.25, -0.2) is 0 Å². The summed E-state index contributed by atoms with van der Waals surface area (Å²) in [6.07, 6.45) is -5.36. The smallest absolute Gasteiger partial charge is 0.119 e. The van der Waals surface area contributed by atoms with Crippen LogP contribution in [0.25, 0.3) is 0 Å². The van der Waals surface area contributed by atoms with Gasteiger partial charge in [0.1, 0.15) is 24.4 Å². The molecule has 7 nitrogen and oxygen atoms in total. The molecule has 2 rings (SSSR count). The number of hydrazone groups is 1. The monoisotopic (exact) mass is 360 g/mol. The number of aliphatic hydroxyl groups is 5. The Labute approximate surface area is 152 Å². The van der Waals surface area contributed by atoms with E-state index in [1.54, 1.807) is 5.01 Å². The Bertz CT molecular complexity index is 668. The van der Waals surface area contributed by atoms with Crippen LogP contribution in [0.15, 0.2) is 65.8 Å². The zero-order valence-corrected chi connectivity index (χ0v) is 14.2. The third-order valence-corrected chi connectivity index (χ3v) is 3.87. The van der Waals surface area contributed by atoms with Crippen molar-refractivity contribution in [2.45, 2.75) is 31.0 Å². The molecule has 4 atom stereocenters. The fraction of sp³-hybridized carbons (Fsp3) is 0.316. The van der Waals surface area contributed by atoms with Crippen LogP contribution in [0, 0.1) is 0 Å². The minimum absolute atomic E-state index is 0.436. The first kappa shape index (κ1) is 20.0. The van der Waals surface area contributed by atoms with E-state index in [9.17, 15) is 20.4 Å². The average molecular weight is 360 g/mol. The lowest BCUT2D eigenvalue weighted by molar-refractivity contribution is -0.0999. The standard InChI is InChI=1S/C19H24N2O5/c22-13-17(24)19(26)18(25)16(23)11-20-21(15-9-5-2-6-10-15)12-14-7-3-1-4-8-14/h1-11,16-19,22-26H,12-13H2/t16-,17+,18-,19-/m1/s1. The van der Waals surface area contributed by atoms with Crippen molar-refractivity contribution in [3.8, 4) is 0 Å². The van der Waals surface area contributed by atoms with Gasteiger partial charge in [-0.05, 0) is 17.7 Å². The normalized spacial score (nSPS) is 16.2. The summed E-state index contributed by atoms with van der Waals surface area (Å²) < 4.78 is 0. The third kappa shape index (κ3) is 5.62. The Morgan fingerprint density at radius 2 is 1.42 bits per heavy atom. The van der Waals surface area contributed by atoms with Crippen LogP contribution in [0.2, 0.25) is 0 Å². The fourth-order valence-corrected chi connectivity index (χ4v) is 2.33. The summed E-state index contributed by atoms with van der Waals surface area (Å²) in [5.74, 6) is 0. The Morgan fingerprint density at radius 3 is 2.00 bits per heavy atom. The van der Waals surface area contributed by atoms with Crippen LogP contribution in [0.5, 0.6) is 0 Å². The van der Waals surface area contributed by atoms with Gasteiger partial charge >= 0.3 is 0 Å². The van der Waals surface area contributed by atoms with Gasteiger partial charge in [0.05, 0.1) is 25.1 Å². The first-order valence-corrected chi connectivity index (χ1v) is 8.26. The number of nitrogens with zero attached hydrogens (tertiary/aromatic N) is 2. The zero-order valence-electron chi connectivity index (χ0n) is 14.2. The van der Waals surface area contributed by atoms with E-state index in [0.717, 1.165) is 17.5 Å². The SMILES string of the molecule is OC[C@H](O)[C@@H](O)[C@H](O)[C@H](O)C=NN(Cc1ccccc1)c1ccccc1. The summed E-state index contributed by atoms with van der Waals surface area (Å²) in [5, 5.41) is 53.6. The molecule has 7 heteroatoms. The van der Waals surface area contributed by atoms with Gasteiger partial charge in [-0.2, -0.15) is 5.10 Å². The number of benzene rings is 2. The molecule has 0 bridgehead atoms. The second-order valence-electron chi connectivity index (χ2n) is 5.87. The van der Waals surface area contributed by atoms with E-state index >= 15 is 0 Å². The molecule has 26 heavy (non-hydrogen) atoms. The van der Waals surface area contributed by atoms with Gasteiger partial charge in [0.15, 0.2) is 0 Å². The van der Waals surface area contributed by atoms with Gasteiger partial charge in [-0.3, -0.25) is 5.01 Å². The molecule has 0 aliphatic rings. The van der Waals surface area contributed by atoms with Crippen LogP contribution in [0.4, 0.5) is 5.69 Å². The second-order valence-corrected chi connectivity index (χ2v) is 5.87. The van der Waals surface area contributed by atoms with E-state index in [1.807, 2.05) is 60.7 Å². The van der Waals surface area contributed by atoms with Crippen LogP contribution < -0.4 is 5.01 Å². The summed E-state index contributed by atoms with van der Waals surface area (Å²) in [6.45, 7) is -0.293. The number of aliphatic hydroxyl groups excluding tert-OH is 5. The third-order valence-electron chi connectivity index (χ3n) is 3.87. The molecule has 0 radical (unpaired) electrons. The molecule has 0 unspecified atom stereocenters. The molecule has 0 aromatic heterocycles. The van der Waals surface area contributed by atoms with E-state index in [0.29, 0.717) is 6.54 Å². The first-order chi connectivity index (χ1) is 12.5. The molecule has 0 saturated carbocycles. The average Bonchev–Trinajstić information content (AvgIpc) is 2.70. The second kappa shape index (κ2) is 10.0. The predicted molar refractivity (Wildman–Crippen MR) is 98.7 cm³/mol. The van der Waals surface area contributed by atoms with Crippen molar-refractivity contribution in [1.29, 1.82) is 0 Å². The molecule has 0 saturated heterocycles. The van der Waals surface area contributed by atoms with Crippen molar-refractivity contribution in [2.24, 2.45) is 5.10 Å². The van der Waals surface area contributed by atoms with E-state index in [2.05, 4.69) is 5.10 Å². The quantitative estimate of drug-likeness (QED) is 0.320. The highest BCUT2D eigenvalue weighted by Crippen LogP contribution is 2.17. The molecule has 0 aliphatic carbocycles. The maximum absolute atomic E-state index is 10.0. The fourth-order valence-electron chi connectivity index (χ4n) is 2.33. The molecule has 0 spiro atoms. The molecule has 0 heterocycles. The Kier molecular flexibility index (Phi) is 7.71. The van der Waals surface area contributed by atoms with E-state index in [1.165, 1.54) is 0 Å². The maximum Gasteiger partial charge on any atom is 0.119 e. The van der Waals surface area contributed by atoms with Gasteiger partial charge in [-0.1, -0.05) is 48.5 Å². The number of para-hydroxylation sites is 1. The Morgan fingerprint density at radius 1 is 0.846 bits per heavy atom. The molecule has 5 N–H and O–H groups in total. The Balaban J connectivity index is 2.14. The molecule has 140 valence electrons. The van der Waals surface area contributed by atoms with Gasteiger partial charge in [0.2, 0.25) is 0 Å². The van der Waals surface area contributed by atoms with E-state index in [-0.39, 0.29) is 0 Å². The maximum atomic E-state index is 10.0. The van der Waals surface area contributed by atoms with Crippen molar-refractivity contribution in [2.75, 3.05) is 11.6 Å². The number of rotatable bonds is 9. The molecule has 0 fully saturated rings. The predicted octanol–water partition coefficient (Wildman–Crippen LogP) is 0.115. The molecule has 2 aromatic rings. The topological polar surface area (TPSA) is 117 Å². The van der Waals surface area contributed by atoms with Crippen LogP contribution in [0.1, 0.15) is 5.56 Å². The lowest BCUT2D eigenvalue weighted by Gasteiger charge is -2.24. The summed E-state index contributed by atoms with van der Waals surface area (Å²) in [7, 11) is 0. The molecule has 0 amide bonds. The minimum atomic E-state index is -1.69. The first-order valence-electron chi connectivity index (χ1n) is 8.26. The van der Waals surface area contributed by atoms with Crippen LogP contribution in [0.3, 0.4) is 0 Å². The number of hydrogen-bond acceptors (Lipinski definition) is 7. The van der Waals surface area contributed by atoms with Gasteiger partial charge in [0, 0.05) is 0 Å². The Hall–Kier alpha value is -2.29. The summed E-state index contributed by atoms with van der Waals surface area (Å²) in [5.41, 5.74) is 1.78. The minimum Gasteiger partial charge on any atom is -0.394 e. The zero-order chi connectivity index (χ0) is 18.9. The van der Waals surface area contributed by atoms with Crippen molar-refractivity contribution < 1.29 is 25.5 Å². The highest BCUT2D eigenvalue weighted by Gasteiger charge is 2.29. The summed E-state index contributed by atoms with van der Waals surface area (Å²) >= 11 is 0. The van der Waals surface area contributed by atoms with Crippen molar-refractivity contribution in [3.05, 3.63) is 66.2 Å². The van der Waals surface area contributed by atoms with E-state index < -0.39 is 31.0 Å². The van der Waals surface area contributed by atoms with Crippen molar-refractivity contribution in [1.82, 2.24) is 0 Å². The van der Waals surface area contributed by atoms with Gasteiger partial charge in [0.25, 0.3) is 0 Å². The highest BCUT2D eigenvalue weighted by molar-refractivity contribution is 5.66. The summed E-state index contributed by atoms with van der Waals surface area (Å²) in [6, 6.07) is 18.9. The molecular weight excluding hydrogens is 336 g/mol. The van der Waals surface area contributed by atoms with Crippen molar-refractivity contribution >= 4 is 11.9 Å². The van der Waals surface area contributed by atoms with Gasteiger partial charge < -0.3 is 25.5 Å². The largest absolute Gasteiger partial charge is 0.394 e. The highest BCUT2D eigenvalue weighted by atomic mass is 16.4. The molecule has 2 aromatic carbocycles. The van der Waals surface area contributed by atoms with E-state index in [4.69, 9.17) is 5.11 Å². The number of anilines is 1. The van der Waals surface area contributed by atoms with Crippen LogP contribution >= 0.6 is 0 Å². The lowest BCUT2D eigenvalue weighted by atomic mass is 10.0. The van der Waals surface area contributed by atoms with Crippen LogP contribution in [-0.2, 0) is 6.54 Å². The van der Waals surface area contributed by atoms with Crippen molar-refractivity contribution in [3.63, 3.8) is 0 Å². The molecular formula is C19H24N2O5. The van der Waals surface area contributed by atoms with Gasteiger partial charge in [-0.15, -0.1) is 0 Å². The molecule has 0 aliphatic heterocycles. The number of hydrogen-bond donors (Lipinski definition) is 5. The lowest BCUT2D eigenvalue weighted by Crippen LogP contribution is -2.46.